The molecule has 0 bridgehead atoms. The Kier molecular flexibility index (Phi) is 2.68. The number of benzene rings is 1. The highest BCUT2D eigenvalue weighted by Crippen LogP contribution is 2.19. The summed E-state index contributed by atoms with van der Waals surface area (Å²) >= 11 is 5.67. The second-order valence-corrected chi connectivity index (χ2v) is 2.15. The molecule has 0 fully saturated rings. The molecule has 58 valence electrons. The van der Waals surface area contributed by atoms with Crippen molar-refractivity contribution >= 4 is 17.3 Å². The van der Waals surface area contributed by atoms with E-state index in [1.54, 1.807) is 24.3 Å². The third kappa shape index (κ3) is 2.09. The van der Waals surface area contributed by atoms with Gasteiger partial charge in [0, 0.05) is 0 Å². The first-order valence-corrected chi connectivity index (χ1v) is 3.21. The summed E-state index contributed by atoms with van der Waals surface area (Å²) in [5, 5.41) is 2.62. The van der Waals surface area contributed by atoms with E-state index < -0.39 is 0 Å². The van der Waals surface area contributed by atoms with Crippen LogP contribution in [0.5, 0.6) is 0 Å². The molecule has 0 aliphatic heterocycles. The smallest absolute Gasteiger partial charge is 0.182 e. The second-order valence-electron chi connectivity index (χ2n) is 1.75. The van der Waals surface area contributed by atoms with E-state index in [1.165, 1.54) is 0 Å². The molecule has 0 radical (unpaired) electrons. The summed E-state index contributed by atoms with van der Waals surface area (Å²) < 4.78 is 0. The van der Waals surface area contributed by atoms with Crippen molar-refractivity contribution in [3.63, 3.8) is 0 Å². The van der Waals surface area contributed by atoms with Crippen LogP contribution in [0.2, 0.25) is 5.02 Å². The average Bonchev–Trinajstić information content (AvgIpc) is 2.03. The first kappa shape index (κ1) is 7.81. The van der Waals surface area contributed by atoms with Crippen LogP contribution in [0.1, 0.15) is 0 Å². The third-order valence-corrected chi connectivity index (χ3v) is 1.40. The lowest BCUT2D eigenvalue weighted by molar-refractivity contribution is 0.203. The molecule has 0 atom stereocenters. The van der Waals surface area contributed by atoms with Gasteiger partial charge in [0.2, 0.25) is 0 Å². The largest absolute Gasteiger partial charge is 0.232 e. The Hall–Kier alpha value is -1.29. The number of rotatable bonds is 3. The Balaban J connectivity index is 2.69. The number of nitrogens with one attached hydrogen (secondary N) is 1. The lowest BCUT2D eigenvalue weighted by Gasteiger charge is -2.00. The number of nitrogens with zero attached hydrogens (tertiary/aromatic N) is 1. The molecule has 1 N–H and O–H groups in total. The van der Waals surface area contributed by atoms with Gasteiger partial charge in [0.25, 0.3) is 0 Å². The van der Waals surface area contributed by atoms with Crippen molar-refractivity contribution in [3.8, 4) is 0 Å². The van der Waals surface area contributed by atoms with E-state index in [2.05, 4.69) is 15.8 Å². The van der Waals surface area contributed by atoms with Crippen LogP contribution >= 0.6 is 11.6 Å². The van der Waals surface area contributed by atoms with E-state index in [0.29, 0.717) is 10.7 Å². The molecule has 0 aromatic heterocycles. The predicted molar refractivity (Wildman–Crippen MR) is 42.0 cm³/mol. The van der Waals surface area contributed by atoms with E-state index in [4.69, 9.17) is 11.6 Å². The lowest BCUT2D eigenvalue weighted by atomic mass is 10.3. The minimum Gasteiger partial charge on any atom is -0.232 e. The molecule has 0 spiro atoms. The van der Waals surface area contributed by atoms with Crippen molar-refractivity contribution in [3.05, 3.63) is 34.2 Å². The molecule has 0 saturated carbocycles. The molecule has 0 unspecified atom stereocenters. The monoisotopic (exact) mass is 172 g/mol. The van der Waals surface area contributed by atoms with Gasteiger partial charge in [-0.05, 0) is 12.1 Å². The molecule has 11 heavy (non-hydrogen) atoms. The molecule has 0 aliphatic rings. The van der Waals surface area contributed by atoms with Crippen LogP contribution in [0.3, 0.4) is 0 Å². The maximum atomic E-state index is 9.51. The van der Waals surface area contributed by atoms with Gasteiger partial charge in [0.1, 0.15) is 0 Å². The van der Waals surface area contributed by atoms with Crippen LogP contribution in [0, 0.1) is 4.91 Å². The molecule has 1 aromatic carbocycles. The van der Waals surface area contributed by atoms with Crippen LogP contribution in [0.25, 0.3) is 0 Å². The molecule has 0 amide bonds. The number of para-hydroxylation sites is 1. The Morgan fingerprint density at radius 3 is 2.82 bits per heavy atom. The molecule has 4 nitrogen and oxygen atoms in total. The van der Waals surface area contributed by atoms with Crippen LogP contribution in [-0.2, 0) is 4.94 Å². The maximum absolute atomic E-state index is 9.51. The summed E-state index contributed by atoms with van der Waals surface area (Å²) in [5.41, 5.74) is 2.76. The van der Waals surface area contributed by atoms with Gasteiger partial charge < -0.3 is 0 Å². The standard InChI is InChI=1S/C6H5ClN2O2/c7-5-3-1-2-4-6(5)8-11-9-10/h1-4,8H. The topological polar surface area (TPSA) is 50.7 Å². The fourth-order valence-corrected chi connectivity index (χ4v) is 0.786. The van der Waals surface area contributed by atoms with Gasteiger partial charge in [-0.2, -0.15) is 5.48 Å². The van der Waals surface area contributed by atoms with Gasteiger partial charge in [-0.3, -0.25) is 0 Å². The molecular weight excluding hydrogens is 168 g/mol. The molecule has 1 aromatic rings. The molecule has 0 aliphatic carbocycles. The first-order chi connectivity index (χ1) is 5.34. The van der Waals surface area contributed by atoms with E-state index in [0.717, 1.165) is 0 Å². The van der Waals surface area contributed by atoms with Crippen molar-refractivity contribution in [2.24, 2.45) is 5.34 Å². The highest BCUT2D eigenvalue weighted by molar-refractivity contribution is 6.33. The molecular formula is C6H5ClN2O2. The lowest BCUT2D eigenvalue weighted by Crippen LogP contribution is -1.94. The summed E-state index contributed by atoms with van der Waals surface area (Å²) in [6, 6.07) is 6.84. The van der Waals surface area contributed by atoms with Gasteiger partial charge in [0.05, 0.1) is 10.7 Å². The molecule has 5 heteroatoms. The quantitative estimate of drug-likeness (QED) is 0.563. The normalized spacial score (nSPS) is 8.82. The van der Waals surface area contributed by atoms with Crippen molar-refractivity contribution in [1.82, 2.24) is 0 Å². The van der Waals surface area contributed by atoms with Crippen molar-refractivity contribution in [2.75, 3.05) is 5.48 Å². The summed E-state index contributed by atoms with van der Waals surface area (Å²) in [6.07, 6.45) is 0. The number of hydrogen-bond acceptors (Lipinski definition) is 4. The summed E-state index contributed by atoms with van der Waals surface area (Å²) in [7, 11) is 0. The number of anilines is 1. The van der Waals surface area contributed by atoms with Crippen LogP contribution in [0.15, 0.2) is 29.6 Å². The zero-order valence-electron chi connectivity index (χ0n) is 5.45. The zero-order chi connectivity index (χ0) is 8.10. The second kappa shape index (κ2) is 3.78. The van der Waals surface area contributed by atoms with Gasteiger partial charge in [0.15, 0.2) is 5.34 Å². The van der Waals surface area contributed by atoms with Crippen LogP contribution in [0.4, 0.5) is 5.69 Å². The van der Waals surface area contributed by atoms with E-state index in [9.17, 15) is 4.91 Å². The number of hydrogen-bond donors (Lipinski definition) is 1. The zero-order valence-corrected chi connectivity index (χ0v) is 6.21. The van der Waals surface area contributed by atoms with Crippen molar-refractivity contribution < 1.29 is 4.94 Å². The maximum Gasteiger partial charge on any atom is 0.182 e. The summed E-state index contributed by atoms with van der Waals surface area (Å²) in [6.45, 7) is 0. The van der Waals surface area contributed by atoms with Gasteiger partial charge in [-0.25, -0.2) is 4.94 Å². The van der Waals surface area contributed by atoms with Crippen LogP contribution in [-0.4, -0.2) is 0 Å². The summed E-state index contributed by atoms with van der Waals surface area (Å²) in [4.78, 5) is 13.5. The number of halogens is 1. The Morgan fingerprint density at radius 2 is 2.18 bits per heavy atom. The average molecular weight is 173 g/mol. The molecule has 1 rings (SSSR count). The fourth-order valence-electron chi connectivity index (χ4n) is 0.612. The fraction of sp³-hybridized carbons (Fsp3) is 0. The van der Waals surface area contributed by atoms with E-state index >= 15 is 0 Å². The third-order valence-electron chi connectivity index (χ3n) is 1.07. The van der Waals surface area contributed by atoms with Crippen LogP contribution < -0.4 is 5.48 Å². The molecule has 0 saturated heterocycles. The van der Waals surface area contributed by atoms with Crippen molar-refractivity contribution in [1.29, 1.82) is 0 Å². The summed E-state index contributed by atoms with van der Waals surface area (Å²) in [5.74, 6) is 0. The first-order valence-electron chi connectivity index (χ1n) is 2.84. The minimum absolute atomic E-state index is 0.469. The van der Waals surface area contributed by atoms with E-state index in [1.807, 2.05) is 0 Å². The Labute approximate surface area is 68.0 Å². The van der Waals surface area contributed by atoms with Gasteiger partial charge in [-0.1, -0.05) is 23.7 Å². The highest BCUT2D eigenvalue weighted by Gasteiger charge is 1.96. The Morgan fingerprint density at radius 1 is 1.45 bits per heavy atom. The minimum atomic E-state index is 0.469. The van der Waals surface area contributed by atoms with Gasteiger partial charge in [-0.15, -0.1) is 4.91 Å². The highest BCUT2D eigenvalue weighted by atomic mass is 35.5. The Bertz CT molecular complexity index is 254. The van der Waals surface area contributed by atoms with Gasteiger partial charge >= 0.3 is 0 Å². The SMILES string of the molecule is O=NONc1ccccc1Cl. The molecule has 0 heterocycles. The van der Waals surface area contributed by atoms with Crippen molar-refractivity contribution in [2.45, 2.75) is 0 Å². The predicted octanol–water partition coefficient (Wildman–Crippen LogP) is 2.36. The van der Waals surface area contributed by atoms with E-state index in [-0.39, 0.29) is 0 Å².